The van der Waals surface area contributed by atoms with Crippen molar-refractivity contribution < 1.29 is 23.9 Å². The van der Waals surface area contributed by atoms with E-state index in [1.165, 1.54) is 5.38 Å². The molecule has 8 heteroatoms. The van der Waals surface area contributed by atoms with Gasteiger partial charge in [0.25, 0.3) is 0 Å². The molecule has 1 rings (SSSR count). The molecule has 0 N–H and O–H groups in total. The molecule has 0 radical (unpaired) electrons. The topological polar surface area (TPSA) is 85.8 Å². The van der Waals surface area contributed by atoms with Crippen molar-refractivity contribution in [2.75, 3.05) is 13.2 Å². The first kappa shape index (κ1) is 26.6. The lowest BCUT2D eigenvalue weighted by Crippen LogP contribution is -2.47. The molecule has 31 heavy (non-hydrogen) atoms. The summed E-state index contributed by atoms with van der Waals surface area (Å²) >= 11 is 1.10. The lowest BCUT2D eigenvalue weighted by molar-refractivity contribution is 0.0101. The van der Waals surface area contributed by atoms with E-state index >= 15 is 0 Å². The van der Waals surface area contributed by atoms with Crippen molar-refractivity contribution in [3.8, 4) is 12.3 Å². The van der Waals surface area contributed by atoms with Gasteiger partial charge in [-0.25, -0.2) is 14.6 Å². The molecule has 0 aliphatic carbocycles. The van der Waals surface area contributed by atoms with E-state index in [1.807, 2.05) is 34.6 Å². The Morgan fingerprint density at radius 1 is 1.26 bits per heavy atom. The summed E-state index contributed by atoms with van der Waals surface area (Å²) in [5.74, 6) is 1.83. The summed E-state index contributed by atoms with van der Waals surface area (Å²) in [4.78, 5) is 43.5. The van der Waals surface area contributed by atoms with Gasteiger partial charge in [0, 0.05) is 30.8 Å². The fourth-order valence-electron chi connectivity index (χ4n) is 2.91. The summed E-state index contributed by atoms with van der Waals surface area (Å²) in [5.41, 5.74) is -0.529. The van der Waals surface area contributed by atoms with E-state index in [0.29, 0.717) is 19.4 Å². The van der Waals surface area contributed by atoms with Crippen molar-refractivity contribution >= 4 is 29.2 Å². The van der Waals surface area contributed by atoms with Gasteiger partial charge in [-0.15, -0.1) is 23.7 Å². The molecule has 0 saturated heterocycles. The highest BCUT2D eigenvalue weighted by Gasteiger charge is 2.32. The third-order valence-electron chi connectivity index (χ3n) is 4.39. The monoisotopic (exact) mass is 450 g/mol. The summed E-state index contributed by atoms with van der Waals surface area (Å²) in [7, 11) is 0. The smallest absolute Gasteiger partial charge is 0.410 e. The molecule has 0 aliphatic heterocycles. The zero-order valence-electron chi connectivity index (χ0n) is 19.4. The molecule has 1 heterocycles. The largest absolute Gasteiger partial charge is 0.461 e. The molecule has 1 aromatic heterocycles. The highest BCUT2D eigenvalue weighted by Crippen LogP contribution is 2.23. The maximum atomic E-state index is 12.9. The molecule has 1 amide bonds. The number of ether oxygens (including phenoxy) is 2. The second kappa shape index (κ2) is 12.5. The van der Waals surface area contributed by atoms with Gasteiger partial charge in [0.2, 0.25) is 0 Å². The fourth-order valence-corrected chi connectivity index (χ4v) is 3.64. The van der Waals surface area contributed by atoms with Crippen LogP contribution in [0.25, 0.3) is 0 Å². The van der Waals surface area contributed by atoms with Crippen molar-refractivity contribution in [2.24, 2.45) is 5.92 Å². The third kappa shape index (κ3) is 9.09. The second-order valence-electron chi connectivity index (χ2n) is 8.53. The molecular formula is C23H34N2O5S. The molecule has 0 saturated carbocycles. The fraction of sp³-hybridized carbons (Fsp3) is 0.652. The minimum atomic E-state index is -0.649. The van der Waals surface area contributed by atoms with Crippen LogP contribution >= 0.6 is 11.3 Å². The number of rotatable bonds is 11. The molecule has 0 aromatic carbocycles. The van der Waals surface area contributed by atoms with Gasteiger partial charge in [-0.1, -0.05) is 13.8 Å². The van der Waals surface area contributed by atoms with Crippen molar-refractivity contribution in [3.63, 3.8) is 0 Å². The first-order valence-corrected chi connectivity index (χ1v) is 11.5. The van der Waals surface area contributed by atoms with Crippen LogP contribution < -0.4 is 0 Å². The Bertz CT molecular complexity index is 789. The average molecular weight is 451 g/mol. The zero-order valence-corrected chi connectivity index (χ0v) is 20.2. The van der Waals surface area contributed by atoms with Crippen LogP contribution in [0.15, 0.2) is 5.38 Å². The minimum absolute atomic E-state index is 0.00795. The molecule has 172 valence electrons. The Kier molecular flexibility index (Phi) is 10.7. The Hall–Kier alpha value is -2.40. The molecule has 7 nitrogen and oxygen atoms in total. The highest BCUT2D eigenvalue weighted by atomic mass is 32.1. The van der Waals surface area contributed by atoms with E-state index in [9.17, 15) is 14.4 Å². The quantitative estimate of drug-likeness (QED) is 0.205. The Balaban J connectivity index is 3.02. The summed E-state index contributed by atoms with van der Waals surface area (Å²) < 4.78 is 10.5. The molecule has 0 aliphatic rings. The van der Waals surface area contributed by atoms with Gasteiger partial charge < -0.3 is 14.4 Å². The SMILES string of the molecule is C#CCCCCN(C(=O)OC(C)(C)C)C(CC(=O)c1nc(C(=O)OCC)cs1)C(C)C. The van der Waals surface area contributed by atoms with Gasteiger partial charge in [0.15, 0.2) is 16.5 Å². The van der Waals surface area contributed by atoms with Gasteiger partial charge in [-0.3, -0.25) is 4.79 Å². The van der Waals surface area contributed by atoms with Crippen LogP contribution in [0.1, 0.15) is 87.5 Å². The number of Topliss-reactive ketones (excluding diaryl/α,β-unsaturated/α-hetero) is 1. The third-order valence-corrected chi connectivity index (χ3v) is 5.27. The van der Waals surface area contributed by atoms with E-state index in [-0.39, 0.29) is 41.5 Å². The standard InChI is InChI=1S/C23H34N2O5S/c1-8-10-11-12-13-25(22(28)30-23(5,6)7)18(16(3)4)14-19(26)20-24-17(15-31-20)21(27)29-9-2/h1,15-16,18H,9-14H2,2-7H3. The van der Waals surface area contributed by atoms with Crippen LogP contribution in [0.3, 0.4) is 0 Å². The Labute approximate surface area is 189 Å². The first-order valence-electron chi connectivity index (χ1n) is 10.6. The zero-order chi connectivity index (χ0) is 23.6. The molecular weight excluding hydrogens is 416 g/mol. The van der Waals surface area contributed by atoms with Crippen LogP contribution in [-0.4, -0.2) is 52.5 Å². The molecule has 1 atom stereocenters. The number of aromatic nitrogens is 1. The Morgan fingerprint density at radius 2 is 1.94 bits per heavy atom. The van der Waals surface area contributed by atoms with Gasteiger partial charge in [-0.2, -0.15) is 0 Å². The van der Waals surface area contributed by atoms with Crippen LogP contribution in [-0.2, 0) is 9.47 Å². The lowest BCUT2D eigenvalue weighted by atomic mass is 9.96. The number of ketones is 1. The van der Waals surface area contributed by atoms with E-state index in [4.69, 9.17) is 15.9 Å². The van der Waals surface area contributed by atoms with Crippen LogP contribution in [0.4, 0.5) is 4.79 Å². The van der Waals surface area contributed by atoms with E-state index in [1.54, 1.807) is 11.8 Å². The number of carbonyl (C=O) groups excluding carboxylic acids is 3. The number of carbonyl (C=O) groups is 3. The summed E-state index contributed by atoms with van der Waals surface area (Å²) in [6, 6.07) is -0.372. The number of esters is 1. The molecule has 0 fully saturated rings. The number of amides is 1. The molecule has 0 spiro atoms. The number of hydrogen-bond acceptors (Lipinski definition) is 7. The number of nitrogens with zero attached hydrogens (tertiary/aromatic N) is 2. The predicted molar refractivity (Wildman–Crippen MR) is 121 cm³/mol. The molecule has 0 bridgehead atoms. The van der Waals surface area contributed by atoms with Gasteiger partial charge in [0.05, 0.1) is 6.61 Å². The predicted octanol–water partition coefficient (Wildman–Crippen LogP) is 4.96. The van der Waals surface area contributed by atoms with Crippen molar-refractivity contribution in [1.82, 2.24) is 9.88 Å². The second-order valence-corrected chi connectivity index (χ2v) is 9.39. The normalized spacial score (nSPS) is 12.2. The number of thiazole rings is 1. The lowest BCUT2D eigenvalue weighted by Gasteiger charge is -2.35. The van der Waals surface area contributed by atoms with E-state index < -0.39 is 17.7 Å². The van der Waals surface area contributed by atoms with Crippen molar-refractivity contribution in [1.29, 1.82) is 0 Å². The average Bonchev–Trinajstić information content (AvgIpc) is 3.15. The van der Waals surface area contributed by atoms with Crippen LogP contribution in [0.5, 0.6) is 0 Å². The van der Waals surface area contributed by atoms with E-state index in [0.717, 1.165) is 17.8 Å². The van der Waals surface area contributed by atoms with Crippen LogP contribution in [0.2, 0.25) is 0 Å². The summed E-state index contributed by atoms with van der Waals surface area (Å²) in [6.07, 6.45) is 7.09. The summed E-state index contributed by atoms with van der Waals surface area (Å²) in [5, 5.41) is 1.74. The van der Waals surface area contributed by atoms with Crippen molar-refractivity contribution in [2.45, 2.75) is 78.9 Å². The number of terminal acetylenes is 1. The molecule has 1 aromatic rings. The minimum Gasteiger partial charge on any atom is -0.461 e. The maximum Gasteiger partial charge on any atom is 0.410 e. The first-order chi connectivity index (χ1) is 14.5. The number of hydrogen-bond donors (Lipinski definition) is 0. The van der Waals surface area contributed by atoms with Gasteiger partial charge in [-0.05, 0) is 46.5 Å². The molecule has 1 unspecified atom stereocenters. The van der Waals surface area contributed by atoms with Crippen molar-refractivity contribution in [3.05, 3.63) is 16.1 Å². The maximum absolute atomic E-state index is 12.9. The van der Waals surface area contributed by atoms with Crippen LogP contribution in [0, 0.1) is 18.3 Å². The highest BCUT2D eigenvalue weighted by molar-refractivity contribution is 7.11. The number of unbranched alkanes of at least 4 members (excludes halogenated alkanes) is 2. The Morgan fingerprint density at radius 3 is 2.48 bits per heavy atom. The van der Waals surface area contributed by atoms with Gasteiger partial charge >= 0.3 is 12.1 Å². The van der Waals surface area contributed by atoms with Gasteiger partial charge in [0.1, 0.15) is 5.60 Å². The summed E-state index contributed by atoms with van der Waals surface area (Å²) in [6.45, 7) is 11.7. The van der Waals surface area contributed by atoms with E-state index in [2.05, 4.69) is 10.9 Å².